The molecule has 2 bridgehead atoms. The van der Waals surface area contributed by atoms with Crippen molar-refractivity contribution >= 4 is 24.2 Å². The van der Waals surface area contributed by atoms with E-state index in [1.54, 1.807) is 0 Å². The van der Waals surface area contributed by atoms with E-state index in [1.165, 1.54) is 12.8 Å². The molecule has 0 spiro atoms. The number of amides is 2. The molecule has 4 aliphatic heterocycles. The monoisotopic (exact) mass is 315 g/mol. The second-order valence-corrected chi connectivity index (χ2v) is 6.44. The molecule has 2 atom stereocenters. The molecule has 4 rings (SSSR count). The first kappa shape index (κ1) is 16.6. The van der Waals surface area contributed by atoms with Crippen molar-refractivity contribution in [2.75, 3.05) is 32.7 Å². The fourth-order valence-corrected chi connectivity index (χ4v) is 3.66. The maximum Gasteiger partial charge on any atom is 0.222 e. The van der Waals surface area contributed by atoms with Crippen LogP contribution in [0, 0.1) is 5.92 Å². The molecular formula is C15H26ClN3O2. The molecule has 0 saturated carbocycles. The largest absolute Gasteiger partial charge is 0.343 e. The predicted molar refractivity (Wildman–Crippen MR) is 83.4 cm³/mol. The van der Waals surface area contributed by atoms with Gasteiger partial charge in [-0.1, -0.05) is 0 Å². The molecule has 0 aromatic heterocycles. The number of carbonyl (C=O) groups excluding carboxylic acids is 2. The number of piperidine rings is 1. The third-order valence-electron chi connectivity index (χ3n) is 4.88. The highest BCUT2D eigenvalue weighted by atomic mass is 35.5. The van der Waals surface area contributed by atoms with Crippen LogP contribution in [0.25, 0.3) is 0 Å². The first-order chi connectivity index (χ1) is 9.72. The number of nitrogens with zero attached hydrogens (tertiary/aromatic N) is 2. The van der Waals surface area contributed by atoms with Gasteiger partial charge in [0.25, 0.3) is 0 Å². The first-order valence-electron chi connectivity index (χ1n) is 8.01. The van der Waals surface area contributed by atoms with E-state index in [-0.39, 0.29) is 24.2 Å². The van der Waals surface area contributed by atoms with Gasteiger partial charge in [-0.15, -0.1) is 12.4 Å². The molecule has 4 heterocycles. The Kier molecular flexibility index (Phi) is 5.88. The van der Waals surface area contributed by atoms with E-state index in [2.05, 4.69) is 5.32 Å². The maximum absolute atomic E-state index is 12.3. The molecule has 0 unspecified atom stereocenters. The summed E-state index contributed by atoms with van der Waals surface area (Å²) in [6, 6.07) is 0.498. The van der Waals surface area contributed by atoms with Gasteiger partial charge in [0, 0.05) is 45.1 Å². The van der Waals surface area contributed by atoms with E-state index in [0.29, 0.717) is 24.8 Å². The number of rotatable bonds is 4. The Labute approximate surface area is 132 Å². The van der Waals surface area contributed by atoms with Crippen LogP contribution in [0.4, 0.5) is 0 Å². The third-order valence-corrected chi connectivity index (χ3v) is 4.88. The lowest BCUT2D eigenvalue weighted by Crippen LogP contribution is -2.40. The van der Waals surface area contributed by atoms with Crippen molar-refractivity contribution in [3.8, 4) is 0 Å². The van der Waals surface area contributed by atoms with Gasteiger partial charge in [-0.25, -0.2) is 0 Å². The Morgan fingerprint density at radius 3 is 2.81 bits per heavy atom. The standard InChI is InChI=1S/C15H25N3O2.ClH/c19-14-3-1-7-17(14)8-2-4-15(20)18-10-12-5-6-13(11-18)16-9-12;/h12-13,16H,1-11H2;1H/t12-,13-;/m0./s1. The van der Waals surface area contributed by atoms with E-state index in [0.717, 1.165) is 45.6 Å². The highest BCUT2D eigenvalue weighted by molar-refractivity contribution is 5.85. The fourth-order valence-electron chi connectivity index (χ4n) is 3.66. The summed E-state index contributed by atoms with van der Waals surface area (Å²) in [6.07, 6.45) is 5.52. The predicted octanol–water partition coefficient (Wildman–Crippen LogP) is 1.02. The minimum atomic E-state index is 0. The molecule has 4 saturated heterocycles. The van der Waals surface area contributed by atoms with Crippen LogP contribution >= 0.6 is 12.4 Å². The molecule has 0 aromatic rings. The molecular weight excluding hydrogens is 290 g/mol. The van der Waals surface area contributed by atoms with Gasteiger partial charge in [0.05, 0.1) is 0 Å². The Morgan fingerprint density at radius 1 is 1.29 bits per heavy atom. The van der Waals surface area contributed by atoms with Crippen molar-refractivity contribution in [2.24, 2.45) is 5.92 Å². The number of hydrogen-bond donors (Lipinski definition) is 1. The smallest absolute Gasteiger partial charge is 0.222 e. The van der Waals surface area contributed by atoms with Crippen LogP contribution in [-0.4, -0.2) is 60.4 Å². The summed E-state index contributed by atoms with van der Waals surface area (Å²) in [5.41, 5.74) is 0. The highest BCUT2D eigenvalue weighted by Gasteiger charge is 2.31. The minimum Gasteiger partial charge on any atom is -0.343 e. The Hall–Kier alpha value is -0.810. The van der Waals surface area contributed by atoms with E-state index in [1.807, 2.05) is 9.80 Å². The summed E-state index contributed by atoms with van der Waals surface area (Å²) < 4.78 is 0. The van der Waals surface area contributed by atoms with E-state index < -0.39 is 0 Å². The lowest BCUT2D eigenvalue weighted by molar-refractivity contribution is -0.132. The summed E-state index contributed by atoms with van der Waals surface area (Å²) in [6.45, 7) is 4.49. The minimum absolute atomic E-state index is 0. The van der Waals surface area contributed by atoms with E-state index in [9.17, 15) is 9.59 Å². The molecule has 5 nitrogen and oxygen atoms in total. The number of nitrogens with one attached hydrogen (secondary N) is 1. The second kappa shape index (κ2) is 7.45. The van der Waals surface area contributed by atoms with Crippen LogP contribution in [0.15, 0.2) is 0 Å². The third kappa shape index (κ3) is 4.10. The van der Waals surface area contributed by atoms with Gasteiger partial charge in [-0.2, -0.15) is 0 Å². The lowest BCUT2D eigenvalue weighted by Gasteiger charge is -2.23. The molecule has 4 fully saturated rings. The van der Waals surface area contributed by atoms with Crippen molar-refractivity contribution in [2.45, 2.75) is 44.6 Å². The number of carbonyl (C=O) groups is 2. The average Bonchev–Trinajstić information content (AvgIpc) is 2.68. The average molecular weight is 316 g/mol. The normalized spacial score (nSPS) is 28.5. The zero-order valence-corrected chi connectivity index (χ0v) is 13.4. The lowest BCUT2D eigenvalue weighted by atomic mass is 9.97. The number of halogens is 1. The molecule has 0 radical (unpaired) electrons. The maximum atomic E-state index is 12.3. The van der Waals surface area contributed by atoms with Crippen molar-refractivity contribution < 1.29 is 9.59 Å². The molecule has 1 N–H and O–H groups in total. The van der Waals surface area contributed by atoms with Crippen molar-refractivity contribution in [3.05, 3.63) is 0 Å². The summed E-state index contributed by atoms with van der Waals surface area (Å²) in [7, 11) is 0. The van der Waals surface area contributed by atoms with Gasteiger partial charge in [0.15, 0.2) is 0 Å². The van der Waals surface area contributed by atoms with Gasteiger partial charge in [0.1, 0.15) is 0 Å². The second-order valence-electron chi connectivity index (χ2n) is 6.44. The van der Waals surface area contributed by atoms with Crippen molar-refractivity contribution in [1.82, 2.24) is 15.1 Å². The van der Waals surface area contributed by atoms with Gasteiger partial charge < -0.3 is 15.1 Å². The Balaban J connectivity index is 0.00000161. The molecule has 120 valence electrons. The summed E-state index contributed by atoms with van der Waals surface area (Å²) >= 11 is 0. The van der Waals surface area contributed by atoms with Crippen LogP contribution in [0.1, 0.15) is 38.5 Å². The highest BCUT2D eigenvalue weighted by Crippen LogP contribution is 2.22. The van der Waals surface area contributed by atoms with Crippen molar-refractivity contribution in [1.29, 1.82) is 0 Å². The van der Waals surface area contributed by atoms with Crippen LogP contribution in [-0.2, 0) is 9.59 Å². The Bertz CT molecular complexity index is 369. The quantitative estimate of drug-likeness (QED) is 0.843. The summed E-state index contributed by atoms with van der Waals surface area (Å²) in [5.74, 6) is 1.17. The topological polar surface area (TPSA) is 52.7 Å². The molecule has 6 heteroatoms. The SMILES string of the molecule is Cl.O=C1CCCN1CCCC(=O)N1C[C@H]2CC[C@@H](C1)NC2. The molecule has 2 amide bonds. The van der Waals surface area contributed by atoms with Crippen molar-refractivity contribution in [3.63, 3.8) is 0 Å². The molecule has 4 aliphatic rings. The van der Waals surface area contributed by atoms with Gasteiger partial charge in [0.2, 0.25) is 11.8 Å². The van der Waals surface area contributed by atoms with Crippen LogP contribution < -0.4 is 5.32 Å². The first-order valence-corrected chi connectivity index (χ1v) is 8.01. The summed E-state index contributed by atoms with van der Waals surface area (Å²) in [4.78, 5) is 27.8. The van der Waals surface area contributed by atoms with Crippen LogP contribution in [0.3, 0.4) is 0 Å². The fraction of sp³-hybridized carbons (Fsp3) is 0.867. The molecule has 21 heavy (non-hydrogen) atoms. The zero-order valence-electron chi connectivity index (χ0n) is 12.6. The molecule has 0 aliphatic carbocycles. The summed E-state index contributed by atoms with van der Waals surface area (Å²) in [5, 5.41) is 3.53. The number of hydrogen-bond acceptors (Lipinski definition) is 3. The van der Waals surface area contributed by atoms with Gasteiger partial charge >= 0.3 is 0 Å². The van der Waals surface area contributed by atoms with Gasteiger partial charge in [-0.3, -0.25) is 9.59 Å². The number of likely N-dealkylation sites (tertiary alicyclic amines) is 1. The molecule has 0 aromatic carbocycles. The zero-order chi connectivity index (χ0) is 13.9. The van der Waals surface area contributed by atoms with Gasteiger partial charge in [-0.05, 0) is 38.1 Å². The van der Waals surface area contributed by atoms with Crippen LogP contribution in [0.5, 0.6) is 0 Å². The van der Waals surface area contributed by atoms with E-state index >= 15 is 0 Å². The Morgan fingerprint density at radius 2 is 2.14 bits per heavy atom. The number of fused-ring (bicyclic) bond motifs is 4. The van der Waals surface area contributed by atoms with E-state index in [4.69, 9.17) is 0 Å². The van der Waals surface area contributed by atoms with Crippen LogP contribution in [0.2, 0.25) is 0 Å².